The zero-order chi connectivity index (χ0) is 23.8. The summed E-state index contributed by atoms with van der Waals surface area (Å²) < 4.78 is 7.74. The van der Waals surface area contributed by atoms with Crippen LogP contribution in [-0.2, 0) is 24.2 Å². The quantitative estimate of drug-likeness (QED) is 0.584. The van der Waals surface area contributed by atoms with Crippen molar-refractivity contribution in [2.75, 3.05) is 58.4 Å². The van der Waals surface area contributed by atoms with Gasteiger partial charge in [0.15, 0.2) is 5.82 Å². The molecule has 4 heterocycles. The number of methoxy groups -OCH3 is 1. The smallest absolute Gasteiger partial charge is 0.272 e. The summed E-state index contributed by atoms with van der Waals surface area (Å²) in [5.74, 6) is 0.951. The van der Waals surface area contributed by atoms with Crippen molar-refractivity contribution in [2.24, 2.45) is 0 Å². The molecule has 0 aliphatic carbocycles. The molecular formula is C27H35N5O2. The highest BCUT2D eigenvalue weighted by atomic mass is 16.5. The number of pyridine rings is 1. The Morgan fingerprint density at radius 1 is 1.06 bits per heavy atom. The van der Waals surface area contributed by atoms with E-state index in [0.717, 1.165) is 69.0 Å². The average molecular weight is 462 g/mol. The molecule has 2 aromatic heterocycles. The van der Waals surface area contributed by atoms with E-state index in [2.05, 4.69) is 59.5 Å². The Kier molecular flexibility index (Phi) is 6.32. The third kappa shape index (κ3) is 4.07. The van der Waals surface area contributed by atoms with Gasteiger partial charge in [-0.05, 0) is 50.1 Å². The fourth-order valence-electron chi connectivity index (χ4n) is 5.28. The van der Waals surface area contributed by atoms with E-state index in [1.807, 2.05) is 11.0 Å². The third-order valence-electron chi connectivity index (χ3n) is 7.55. The van der Waals surface area contributed by atoms with Crippen LogP contribution in [0.15, 0.2) is 30.3 Å². The summed E-state index contributed by atoms with van der Waals surface area (Å²) in [6.45, 7) is 10.7. The largest absolute Gasteiger partial charge is 0.383 e. The second-order valence-electron chi connectivity index (χ2n) is 9.62. The van der Waals surface area contributed by atoms with Gasteiger partial charge in [0.2, 0.25) is 0 Å². The highest BCUT2D eigenvalue weighted by molar-refractivity contribution is 6.01. The van der Waals surface area contributed by atoms with Gasteiger partial charge in [0.25, 0.3) is 5.91 Å². The maximum Gasteiger partial charge on any atom is 0.272 e. The summed E-state index contributed by atoms with van der Waals surface area (Å²) in [6, 6.07) is 10.7. The van der Waals surface area contributed by atoms with Crippen LogP contribution in [-0.4, -0.2) is 78.7 Å². The predicted molar refractivity (Wildman–Crippen MR) is 136 cm³/mol. The van der Waals surface area contributed by atoms with E-state index >= 15 is 0 Å². The first-order chi connectivity index (χ1) is 16.5. The Morgan fingerprint density at radius 3 is 2.53 bits per heavy atom. The number of hydrogen-bond donors (Lipinski definition) is 0. The number of rotatable bonds is 5. The molecule has 0 bridgehead atoms. The number of fused-ring (bicyclic) bond motifs is 2. The van der Waals surface area contributed by atoms with Gasteiger partial charge in [-0.2, -0.15) is 0 Å². The molecule has 0 saturated carbocycles. The Labute approximate surface area is 201 Å². The van der Waals surface area contributed by atoms with Crippen LogP contribution < -0.4 is 4.90 Å². The molecule has 3 aromatic rings. The number of anilines is 1. The van der Waals surface area contributed by atoms with Gasteiger partial charge in [-0.1, -0.05) is 24.3 Å². The highest BCUT2D eigenvalue weighted by Gasteiger charge is 2.27. The third-order valence-corrected chi connectivity index (χ3v) is 7.55. The number of amides is 1. The number of ether oxygens (including phenoxy) is 1. The molecule has 0 radical (unpaired) electrons. The topological polar surface area (TPSA) is 53.8 Å². The summed E-state index contributed by atoms with van der Waals surface area (Å²) in [5, 5.41) is 1.12. The molecule has 5 rings (SSSR count). The maximum absolute atomic E-state index is 13.6. The normalized spacial score (nSPS) is 16.8. The summed E-state index contributed by atoms with van der Waals surface area (Å²) in [7, 11) is 3.84. The Morgan fingerprint density at radius 2 is 1.79 bits per heavy atom. The van der Waals surface area contributed by atoms with Gasteiger partial charge in [-0.15, -0.1) is 0 Å². The van der Waals surface area contributed by atoms with Gasteiger partial charge in [0.1, 0.15) is 5.69 Å². The van der Waals surface area contributed by atoms with Crippen molar-refractivity contribution < 1.29 is 9.53 Å². The number of carbonyl (C=O) groups is 1. The highest BCUT2D eigenvalue weighted by Crippen LogP contribution is 2.35. The molecule has 34 heavy (non-hydrogen) atoms. The molecule has 2 aliphatic heterocycles. The molecule has 0 unspecified atom stereocenters. The van der Waals surface area contributed by atoms with Crippen LogP contribution in [0, 0.1) is 13.8 Å². The first kappa shape index (κ1) is 22.9. The monoisotopic (exact) mass is 461 g/mol. The average Bonchev–Trinajstić information content (AvgIpc) is 3.11. The van der Waals surface area contributed by atoms with Crippen LogP contribution in [0.25, 0.3) is 10.9 Å². The first-order valence-corrected chi connectivity index (χ1v) is 12.3. The van der Waals surface area contributed by atoms with Crippen molar-refractivity contribution in [3.8, 4) is 0 Å². The van der Waals surface area contributed by atoms with Crippen LogP contribution in [0.5, 0.6) is 0 Å². The molecule has 1 saturated heterocycles. The van der Waals surface area contributed by atoms with Gasteiger partial charge in [0.05, 0.1) is 12.1 Å². The van der Waals surface area contributed by atoms with Crippen molar-refractivity contribution in [1.82, 2.24) is 19.4 Å². The minimum atomic E-state index is 0.0374. The van der Waals surface area contributed by atoms with Gasteiger partial charge in [-0.3, -0.25) is 4.79 Å². The minimum absolute atomic E-state index is 0.0374. The number of benzene rings is 1. The van der Waals surface area contributed by atoms with Crippen LogP contribution in [0.2, 0.25) is 0 Å². The fourth-order valence-corrected chi connectivity index (χ4v) is 5.28. The van der Waals surface area contributed by atoms with E-state index in [1.165, 1.54) is 22.4 Å². The lowest BCUT2D eigenvalue weighted by molar-refractivity contribution is 0.0658. The van der Waals surface area contributed by atoms with E-state index < -0.39 is 0 Å². The summed E-state index contributed by atoms with van der Waals surface area (Å²) in [4.78, 5) is 25.2. The zero-order valence-electron chi connectivity index (χ0n) is 20.8. The van der Waals surface area contributed by atoms with Crippen molar-refractivity contribution in [2.45, 2.75) is 33.4 Å². The predicted octanol–water partition coefficient (Wildman–Crippen LogP) is 3.25. The molecule has 7 nitrogen and oxygen atoms in total. The number of carbonyl (C=O) groups excluding carboxylic acids is 1. The Bertz CT molecular complexity index is 1210. The summed E-state index contributed by atoms with van der Waals surface area (Å²) >= 11 is 0. The summed E-state index contributed by atoms with van der Waals surface area (Å²) in [6.07, 6.45) is 0.979. The summed E-state index contributed by atoms with van der Waals surface area (Å²) in [5.41, 5.74) is 6.82. The van der Waals surface area contributed by atoms with Crippen molar-refractivity contribution in [1.29, 1.82) is 0 Å². The molecule has 0 spiro atoms. The molecular weight excluding hydrogens is 426 g/mol. The molecule has 1 aromatic carbocycles. The second-order valence-corrected chi connectivity index (χ2v) is 9.62. The van der Waals surface area contributed by atoms with E-state index in [0.29, 0.717) is 12.3 Å². The molecule has 0 N–H and O–H groups in total. The molecule has 2 aliphatic rings. The number of piperazine rings is 1. The van der Waals surface area contributed by atoms with Gasteiger partial charge >= 0.3 is 0 Å². The van der Waals surface area contributed by atoms with Gasteiger partial charge in [0, 0.05) is 64.0 Å². The number of likely N-dealkylation sites (N-methyl/N-ethyl adjacent to an activating group) is 1. The maximum atomic E-state index is 13.6. The fraction of sp³-hybridized carbons (Fsp3) is 0.481. The van der Waals surface area contributed by atoms with Crippen LogP contribution in [0.4, 0.5) is 5.82 Å². The van der Waals surface area contributed by atoms with Gasteiger partial charge in [-0.25, -0.2) is 4.98 Å². The second kappa shape index (κ2) is 9.39. The van der Waals surface area contributed by atoms with E-state index in [1.54, 1.807) is 7.11 Å². The lowest BCUT2D eigenvalue weighted by Gasteiger charge is -2.33. The van der Waals surface area contributed by atoms with Crippen LogP contribution in [0.1, 0.15) is 32.9 Å². The lowest BCUT2D eigenvalue weighted by atomic mass is 10.00. The molecule has 0 atom stereocenters. The van der Waals surface area contributed by atoms with Crippen molar-refractivity contribution in [3.63, 3.8) is 0 Å². The number of aryl methyl sites for hydroxylation is 1. The van der Waals surface area contributed by atoms with Crippen molar-refractivity contribution >= 4 is 22.6 Å². The first-order valence-electron chi connectivity index (χ1n) is 12.3. The van der Waals surface area contributed by atoms with E-state index in [4.69, 9.17) is 9.72 Å². The Balaban J connectivity index is 1.62. The number of aromatic nitrogens is 2. The van der Waals surface area contributed by atoms with Crippen molar-refractivity contribution in [3.05, 3.63) is 58.4 Å². The molecule has 7 heteroatoms. The molecule has 1 amide bonds. The lowest BCUT2D eigenvalue weighted by Crippen LogP contribution is -2.47. The standard InChI is InChI=1S/C27H35N5O2/c1-19-20(2)32(15-16-34-4)25-23(19)17-24(27(33)30-13-11-29(3)12-14-30)28-26(25)31-10-9-21-7-5-6-8-22(21)18-31/h5-8,17H,9-16,18H2,1-4H3. The number of hydrogen-bond acceptors (Lipinski definition) is 5. The Hall–Kier alpha value is -2.90. The molecule has 180 valence electrons. The van der Waals surface area contributed by atoms with Crippen LogP contribution in [0.3, 0.4) is 0 Å². The van der Waals surface area contributed by atoms with E-state index in [-0.39, 0.29) is 5.91 Å². The zero-order valence-corrected chi connectivity index (χ0v) is 20.8. The SMILES string of the molecule is COCCn1c(C)c(C)c2cc(C(=O)N3CCN(C)CC3)nc(N3CCc4ccccc4C3)c21. The van der Waals surface area contributed by atoms with Gasteiger partial charge < -0.3 is 24.0 Å². The van der Waals surface area contributed by atoms with E-state index in [9.17, 15) is 4.79 Å². The van der Waals surface area contributed by atoms with Crippen LogP contribution >= 0.6 is 0 Å². The number of nitrogens with zero attached hydrogens (tertiary/aromatic N) is 5. The minimum Gasteiger partial charge on any atom is -0.383 e. The molecule has 1 fully saturated rings.